The summed E-state index contributed by atoms with van der Waals surface area (Å²) in [5.41, 5.74) is 8.48. The Morgan fingerprint density at radius 2 is 2.11 bits per heavy atom. The zero-order valence-electron chi connectivity index (χ0n) is 14.8. The minimum Gasteiger partial charge on any atom is -0.391 e. The van der Waals surface area contributed by atoms with Gasteiger partial charge < -0.3 is 15.7 Å². The molecule has 1 aliphatic rings. The number of nitrogens with two attached hydrogens (primary N) is 1. The fraction of sp³-hybridized carbons (Fsp3) is 0.316. The molecule has 142 valence electrons. The Morgan fingerprint density at radius 1 is 1.26 bits per heavy atom. The minimum atomic E-state index is -3.78. The number of rotatable bonds is 5. The third kappa shape index (κ3) is 3.20. The molecule has 3 N–H and O–H groups in total. The third-order valence-corrected chi connectivity index (χ3v) is 6.59. The standard InChI is InChI=1S/C19H22N4O3S/c20-8-6-14-12-23(18-5-2-9-21-19(14)18)27(25,26)17-4-1-3-15(11-17)22-10-7-16(24)13-22/h1-5,9,11-12,16,24H,6-8,10,13,20H2/t16-/m1/s1. The molecular weight excluding hydrogens is 364 g/mol. The highest BCUT2D eigenvalue weighted by molar-refractivity contribution is 7.90. The van der Waals surface area contributed by atoms with Crippen LogP contribution >= 0.6 is 0 Å². The molecule has 0 aliphatic carbocycles. The summed E-state index contributed by atoms with van der Waals surface area (Å²) in [4.78, 5) is 6.55. The van der Waals surface area contributed by atoms with Gasteiger partial charge in [0.05, 0.1) is 22.0 Å². The minimum absolute atomic E-state index is 0.210. The lowest BCUT2D eigenvalue weighted by Crippen LogP contribution is -2.21. The van der Waals surface area contributed by atoms with Crippen molar-refractivity contribution < 1.29 is 13.5 Å². The summed E-state index contributed by atoms with van der Waals surface area (Å²) in [5, 5.41) is 9.76. The fourth-order valence-corrected chi connectivity index (χ4v) is 4.98. The van der Waals surface area contributed by atoms with E-state index in [4.69, 9.17) is 5.73 Å². The van der Waals surface area contributed by atoms with Crippen LogP contribution in [-0.2, 0) is 16.4 Å². The zero-order chi connectivity index (χ0) is 19.0. The second-order valence-corrected chi connectivity index (χ2v) is 8.57. The van der Waals surface area contributed by atoms with Crippen LogP contribution in [0.5, 0.6) is 0 Å². The molecular formula is C19H22N4O3S. The Balaban J connectivity index is 1.79. The molecule has 4 rings (SSSR count). The van der Waals surface area contributed by atoms with Crippen molar-refractivity contribution in [1.82, 2.24) is 8.96 Å². The third-order valence-electron chi connectivity index (χ3n) is 4.92. The topological polar surface area (TPSA) is 101 Å². The number of pyridine rings is 1. The Morgan fingerprint density at radius 3 is 2.85 bits per heavy atom. The molecule has 7 nitrogen and oxygen atoms in total. The van der Waals surface area contributed by atoms with Crippen molar-refractivity contribution in [3.05, 3.63) is 54.4 Å². The largest absolute Gasteiger partial charge is 0.391 e. The number of benzene rings is 1. The van der Waals surface area contributed by atoms with Crippen LogP contribution < -0.4 is 10.6 Å². The number of hydrogen-bond donors (Lipinski definition) is 2. The van der Waals surface area contributed by atoms with Crippen molar-refractivity contribution in [2.75, 3.05) is 24.5 Å². The molecule has 2 aromatic heterocycles. The van der Waals surface area contributed by atoms with Gasteiger partial charge in [-0.2, -0.15) is 0 Å². The number of fused-ring (bicyclic) bond motifs is 1. The van der Waals surface area contributed by atoms with Gasteiger partial charge in [0.15, 0.2) is 0 Å². The maximum absolute atomic E-state index is 13.3. The predicted molar refractivity (Wildman–Crippen MR) is 104 cm³/mol. The van der Waals surface area contributed by atoms with Gasteiger partial charge in [-0.1, -0.05) is 6.07 Å². The molecule has 0 saturated carbocycles. The number of hydrogen-bond acceptors (Lipinski definition) is 6. The summed E-state index contributed by atoms with van der Waals surface area (Å²) >= 11 is 0. The summed E-state index contributed by atoms with van der Waals surface area (Å²) in [7, 11) is -3.78. The average molecular weight is 386 g/mol. The van der Waals surface area contributed by atoms with Gasteiger partial charge in [0.25, 0.3) is 10.0 Å². The van der Waals surface area contributed by atoms with E-state index in [1.165, 1.54) is 3.97 Å². The van der Waals surface area contributed by atoms with Crippen LogP contribution in [0.15, 0.2) is 53.7 Å². The molecule has 0 bridgehead atoms. The number of aromatic nitrogens is 2. The summed E-state index contributed by atoms with van der Waals surface area (Å²) in [5.74, 6) is 0. The van der Waals surface area contributed by atoms with Crippen LogP contribution in [0.1, 0.15) is 12.0 Å². The predicted octanol–water partition coefficient (Wildman–Crippen LogP) is 1.35. The van der Waals surface area contributed by atoms with Crippen molar-refractivity contribution in [3.63, 3.8) is 0 Å². The smallest absolute Gasteiger partial charge is 0.268 e. The number of anilines is 1. The molecule has 1 saturated heterocycles. The summed E-state index contributed by atoms with van der Waals surface area (Å²) in [6, 6.07) is 10.3. The highest BCUT2D eigenvalue weighted by Crippen LogP contribution is 2.28. The normalized spacial score (nSPS) is 17.7. The lowest BCUT2D eigenvalue weighted by molar-refractivity contribution is 0.198. The lowest BCUT2D eigenvalue weighted by Gasteiger charge is -2.18. The highest BCUT2D eigenvalue weighted by Gasteiger charge is 2.24. The van der Waals surface area contributed by atoms with E-state index in [0.717, 1.165) is 11.3 Å². The number of β-amino-alcohol motifs (C(OH)–C–C–N with tert-alkyl or cyclic N) is 1. The van der Waals surface area contributed by atoms with Crippen LogP contribution in [0.2, 0.25) is 0 Å². The molecule has 0 radical (unpaired) electrons. The number of aliphatic hydroxyl groups is 1. The Labute approximate surface area is 158 Å². The van der Waals surface area contributed by atoms with E-state index in [-0.39, 0.29) is 11.0 Å². The zero-order valence-corrected chi connectivity index (χ0v) is 15.6. The molecule has 0 unspecified atom stereocenters. The first-order valence-corrected chi connectivity index (χ1v) is 10.4. The maximum atomic E-state index is 13.3. The summed E-state index contributed by atoms with van der Waals surface area (Å²) in [6.07, 6.45) is 4.14. The van der Waals surface area contributed by atoms with Crippen LogP contribution in [0, 0.1) is 0 Å². The van der Waals surface area contributed by atoms with Gasteiger partial charge >= 0.3 is 0 Å². The molecule has 27 heavy (non-hydrogen) atoms. The summed E-state index contributed by atoms with van der Waals surface area (Å²) < 4.78 is 28.0. The Hall–Kier alpha value is -2.42. The first kappa shape index (κ1) is 18.0. The second kappa shape index (κ2) is 6.95. The van der Waals surface area contributed by atoms with Crippen LogP contribution in [0.25, 0.3) is 11.0 Å². The van der Waals surface area contributed by atoms with E-state index in [1.807, 2.05) is 11.0 Å². The average Bonchev–Trinajstić information content (AvgIpc) is 3.27. The van der Waals surface area contributed by atoms with Crippen molar-refractivity contribution in [3.8, 4) is 0 Å². The van der Waals surface area contributed by atoms with Gasteiger partial charge in [-0.25, -0.2) is 12.4 Å². The van der Waals surface area contributed by atoms with Gasteiger partial charge in [0.2, 0.25) is 0 Å². The van der Waals surface area contributed by atoms with E-state index in [1.54, 1.807) is 42.7 Å². The van der Waals surface area contributed by atoms with E-state index in [9.17, 15) is 13.5 Å². The molecule has 1 aromatic carbocycles. The van der Waals surface area contributed by atoms with E-state index in [0.29, 0.717) is 43.5 Å². The van der Waals surface area contributed by atoms with Crippen LogP contribution in [-0.4, -0.2) is 48.2 Å². The first-order valence-electron chi connectivity index (χ1n) is 8.94. The molecule has 1 fully saturated rings. The van der Waals surface area contributed by atoms with Gasteiger partial charge in [0.1, 0.15) is 0 Å². The van der Waals surface area contributed by atoms with Gasteiger partial charge in [-0.3, -0.25) is 4.98 Å². The van der Waals surface area contributed by atoms with Gasteiger partial charge in [-0.05, 0) is 55.3 Å². The number of aliphatic hydroxyl groups excluding tert-OH is 1. The van der Waals surface area contributed by atoms with E-state index < -0.39 is 10.0 Å². The molecule has 0 spiro atoms. The highest BCUT2D eigenvalue weighted by atomic mass is 32.2. The monoisotopic (exact) mass is 386 g/mol. The van der Waals surface area contributed by atoms with Gasteiger partial charge in [0, 0.05) is 31.2 Å². The lowest BCUT2D eigenvalue weighted by atomic mass is 10.2. The molecule has 3 heterocycles. The second-order valence-electron chi connectivity index (χ2n) is 6.75. The Kier molecular flexibility index (Phi) is 4.63. The van der Waals surface area contributed by atoms with Crippen LogP contribution in [0.4, 0.5) is 5.69 Å². The Bertz CT molecular complexity index is 1080. The fourth-order valence-electron chi connectivity index (χ4n) is 3.56. The summed E-state index contributed by atoms with van der Waals surface area (Å²) in [6.45, 7) is 1.64. The maximum Gasteiger partial charge on any atom is 0.268 e. The molecule has 0 amide bonds. The van der Waals surface area contributed by atoms with Crippen molar-refractivity contribution in [2.24, 2.45) is 5.73 Å². The first-order chi connectivity index (χ1) is 13.0. The van der Waals surface area contributed by atoms with Gasteiger partial charge in [-0.15, -0.1) is 0 Å². The SMILES string of the molecule is NCCc1cn(S(=O)(=O)c2cccc(N3CC[C@@H](O)C3)c2)c2cccnc12. The molecule has 1 aliphatic heterocycles. The molecule has 1 atom stereocenters. The molecule has 8 heteroatoms. The molecule has 3 aromatic rings. The van der Waals surface area contributed by atoms with Crippen LogP contribution in [0.3, 0.4) is 0 Å². The van der Waals surface area contributed by atoms with Crippen molar-refractivity contribution in [1.29, 1.82) is 0 Å². The van der Waals surface area contributed by atoms with Crippen molar-refractivity contribution >= 4 is 26.7 Å². The van der Waals surface area contributed by atoms with Crippen molar-refractivity contribution in [2.45, 2.75) is 23.8 Å². The number of nitrogens with zero attached hydrogens (tertiary/aromatic N) is 3. The van der Waals surface area contributed by atoms with E-state index >= 15 is 0 Å². The van der Waals surface area contributed by atoms with E-state index in [2.05, 4.69) is 4.98 Å². The quantitative estimate of drug-likeness (QED) is 0.686.